The minimum absolute atomic E-state index is 0.393. The third-order valence-corrected chi connectivity index (χ3v) is 3.98. The van der Waals surface area contributed by atoms with E-state index in [1.165, 1.54) is 6.07 Å². The lowest BCUT2D eigenvalue weighted by Crippen LogP contribution is -2.05. The Morgan fingerprint density at radius 3 is 2.70 bits per heavy atom. The van der Waals surface area contributed by atoms with Crippen LogP contribution in [0.4, 0.5) is 19.0 Å². The Balaban J connectivity index is 1.52. The van der Waals surface area contributed by atoms with Crippen molar-refractivity contribution in [2.24, 2.45) is 0 Å². The topological polar surface area (TPSA) is 43.0 Å². The van der Waals surface area contributed by atoms with Gasteiger partial charge in [0, 0.05) is 18.7 Å². The number of aromatic nitrogens is 2. The van der Waals surface area contributed by atoms with E-state index in [1.54, 1.807) is 23.0 Å². The maximum absolute atomic E-state index is 12.7. The Hall–Kier alpha value is -2.96. The van der Waals surface area contributed by atoms with Crippen molar-refractivity contribution in [3.63, 3.8) is 0 Å². The molecule has 0 saturated carbocycles. The monoisotopic (exact) mass is 375 g/mol. The fraction of sp³-hybridized carbons (Fsp3) is 0.250. The van der Waals surface area contributed by atoms with Gasteiger partial charge in [0.2, 0.25) is 0 Å². The molecule has 0 radical (unpaired) electrons. The van der Waals surface area contributed by atoms with Crippen LogP contribution in [0.15, 0.2) is 65.4 Å². The van der Waals surface area contributed by atoms with E-state index in [2.05, 4.69) is 10.4 Å². The Morgan fingerprint density at radius 1 is 1.15 bits per heavy atom. The molecule has 2 heterocycles. The fourth-order valence-electron chi connectivity index (χ4n) is 2.60. The number of rotatable bonds is 7. The van der Waals surface area contributed by atoms with Crippen molar-refractivity contribution in [3.8, 4) is 0 Å². The van der Waals surface area contributed by atoms with Crippen LogP contribution in [0.25, 0.3) is 0 Å². The van der Waals surface area contributed by atoms with Crippen LogP contribution in [0.2, 0.25) is 0 Å². The molecule has 0 aliphatic rings. The molecule has 0 saturated heterocycles. The zero-order chi connectivity index (χ0) is 19.3. The summed E-state index contributed by atoms with van der Waals surface area (Å²) in [5, 5.41) is 7.39. The van der Waals surface area contributed by atoms with Crippen LogP contribution in [0.1, 0.15) is 29.6 Å². The van der Waals surface area contributed by atoms with Gasteiger partial charge >= 0.3 is 6.18 Å². The number of benzene rings is 1. The lowest BCUT2D eigenvalue weighted by Gasteiger charge is -2.07. The normalized spacial score (nSPS) is 12.0. The molecule has 3 aromatic rings. The van der Waals surface area contributed by atoms with Crippen LogP contribution in [0.3, 0.4) is 0 Å². The van der Waals surface area contributed by atoms with Crippen molar-refractivity contribution >= 4 is 5.82 Å². The summed E-state index contributed by atoms with van der Waals surface area (Å²) >= 11 is 0. The van der Waals surface area contributed by atoms with Gasteiger partial charge in [-0.1, -0.05) is 31.2 Å². The highest BCUT2D eigenvalue weighted by atomic mass is 19.4. The minimum atomic E-state index is -4.32. The molecule has 4 nitrogen and oxygen atoms in total. The lowest BCUT2D eigenvalue weighted by molar-refractivity contribution is -0.137. The number of furan rings is 1. The zero-order valence-corrected chi connectivity index (χ0v) is 14.8. The van der Waals surface area contributed by atoms with Crippen molar-refractivity contribution in [2.75, 3.05) is 5.32 Å². The van der Waals surface area contributed by atoms with Gasteiger partial charge in [-0.2, -0.15) is 18.3 Å². The molecule has 0 aliphatic heterocycles. The van der Waals surface area contributed by atoms with Gasteiger partial charge in [0.15, 0.2) is 5.82 Å². The number of halogens is 3. The van der Waals surface area contributed by atoms with E-state index in [9.17, 15) is 13.2 Å². The molecule has 2 aromatic heterocycles. The Bertz CT molecular complexity index is 909. The number of hydrogen-bond acceptors (Lipinski definition) is 3. The van der Waals surface area contributed by atoms with Crippen LogP contribution in [-0.2, 0) is 25.6 Å². The van der Waals surface area contributed by atoms with E-state index in [-0.39, 0.29) is 0 Å². The summed E-state index contributed by atoms with van der Waals surface area (Å²) < 4.78 is 45.5. The Kier molecular flexibility index (Phi) is 5.69. The molecule has 0 spiro atoms. The van der Waals surface area contributed by atoms with Gasteiger partial charge in [-0.3, -0.25) is 4.68 Å². The van der Waals surface area contributed by atoms with Gasteiger partial charge in [-0.05, 0) is 36.4 Å². The largest absolute Gasteiger partial charge is 0.464 e. The summed E-state index contributed by atoms with van der Waals surface area (Å²) in [4.78, 5) is 0. The second-order valence-corrected chi connectivity index (χ2v) is 6.07. The smallest absolute Gasteiger partial charge is 0.416 e. The van der Waals surface area contributed by atoms with Crippen molar-refractivity contribution in [2.45, 2.75) is 32.5 Å². The van der Waals surface area contributed by atoms with Gasteiger partial charge in [0.05, 0.1) is 12.1 Å². The number of allylic oxidation sites excluding steroid dienone is 1. The first kappa shape index (κ1) is 18.8. The van der Waals surface area contributed by atoms with Gasteiger partial charge in [-0.15, -0.1) is 0 Å². The molecule has 142 valence electrons. The number of alkyl halides is 3. The summed E-state index contributed by atoms with van der Waals surface area (Å²) in [6.07, 6.45) is 2.18. The number of nitrogens with zero attached hydrogens (tertiary/aromatic N) is 2. The van der Waals surface area contributed by atoms with Crippen molar-refractivity contribution in [1.82, 2.24) is 9.78 Å². The van der Waals surface area contributed by atoms with Gasteiger partial charge in [0.1, 0.15) is 11.5 Å². The molecule has 27 heavy (non-hydrogen) atoms. The molecular weight excluding hydrogens is 355 g/mol. The Morgan fingerprint density at radius 2 is 1.96 bits per heavy atom. The maximum atomic E-state index is 12.7. The predicted molar refractivity (Wildman–Crippen MR) is 97.3 cm³/mol. The van der Waals surface area contributed by atoms with Crippen molar-refractivity contribution in [1.29, 1.82) is 0 Å². The summed E-state index contributed by atoms with van der Waals surface area (Å²) in [6, 6.07) is 11.0. The van der Waals surface area contributed by atoms with E-state index >= 15 is 0 Å². The Labute approximate surface area is 155 Å². The van der Waals surface area contributed by atoms with E-state index in [0.29, 0.717) is 24.3 Å². The summed E-state index contributed by atoms with van der Waals surface area (Å²) in [7, 11) is 0. The maximum Gasteiger partial charge on any atom is 0.416 e. The van der Waals surface area contributed by atoms with E-state index in [4.69, 9.17) is 4.42 Å². The SMILES string of the molecule is CCc1ccc(Cn2ccc(N/C=C/Cc3cccc(C(F)(F)F)c3)n2)o1. The highest BCUT2D eigenvalue weighted by Gasteiger charge is 2.30. The van der Waals surface area contributed by atoms with Crippen molar-refractivity contribution < 1.29 is 17.6 Å². The average Bonchev–Trinajstić information content (AvgIpc) is 3.28. The third kappa shape index (κ3) is 5.26. The molecule has 3 rings (SSSR count). The van der Waals surface area contributed by atoms with Crippen LogP contribution in [0.5, 0.6) is 0 Å². The molecule has 1 aromatic carbocycles. The zero-order valence-electron chi connectivity index (χ0n) is 14.8. The van der Waals surface area contributed by atoms with E-state index < -0.39 is 11.7 Å². The average molecular weight is 375 g/mol. The summed E-state index contributed by atoms with van der Waals surface area (Å²) in [5.74, 6) is 2.42. The van der Waals surface area contributed by atoms with E-state index in [0.717, 1.165) is 30.1 Å². The summed E-state index contributed by atoms with van der Waals surface area (Å²) in [6.45, 7) is 2.57. The minimum Gasteiger partial charge on any atom is -0.464 e. The number of aryl methyl sites for hydroxylation is 1. The summed E-state index contributed by atoms with van der Waals surface area (Å²) in [5.41, 5.74) is -0.0396. The second-order valence-electron chi connectivity index (χ2n) is 6.07. The molecule has 0 unspecified atom stereocenters. The van der Waals surface area contributed by atoms with Crippen molar-refractivity contribution in [3.05, 3.63) is 83.6 Å². The first-order valence-electron chi connectivity index (χ1n) is 8.63. The standard InChI is InChI=1S/C20H20F3N3O/c1-2-17-8-9-18(27-17)14-26-12-10-19(25-26)24-11-4-6-15-5-3-7-16(13-15)20(21,22)23/h3-5,7-13H,2,6,14H2,1H3,(H,24,25)/b11-4+. The van der Waals surface area contributed by atoms with Crippen LogP contribution in [-0.4, -0.2) is 9.78 Å². The molecule has 7 heteroatoms. The molecule has 0 atom stereocenters. The molecule has 0 amide bonds. The van der Waals surface area contributed by atoms with Crippen LogP contribution < -0.4 is 5.32 Å². The first-order valence-corrected chi connectivity index (χ1v) is 8.63. The molecule has 1 N–H and O–H groups in total. The fourth-order valence-corrected chi connectivity index (χ4v) is 2.60. The number of hydrogen-bond donors (Lipinski definition) is 1. The first-order chi connectivity index (χ1) is 12.9. The molecule has 0 fully saturated rings. The third-order valence-electron chi connectivity index (χ3n) is 3.98. The van der Waals surface area contributed by atoms with E-state index in [1.807, 2.05) is 31.3 Å². The quantitative estimate of drug-likeness (QED) is 0.611. The molecular formula is C20H20F3N3O. The predicted octanol–water partition coefficient (Wildman–Crippen LogP) is 5.27. The van der Waals surface area contributed by atoms with Gasteiger partial charge < -0.3 is 9.73 Å². The van der Waals surface area contributed by atoms with Crippen LogP contribution in [0, 0.1) is 0 Å². The van der Waals surface area contributed by atoms with Gasteiger partial charge in [0.25, 0.3) is 0 Å². The molecule has 0 aliphatic carbocycles. The lowest BCUT2D eigenvalue weighted by atomic mass is 10.1. The molecule has 0 bridgehead atoms. The highest BCUT2D eigenvalue weighted by Crippen LogP contribution is 2.29. The highest BCUT2D eigenvalue weighted by molar-refractivity contribution is 5.36. The van der Waals surface area contributed by atoms with Crippen LogP contribution >= 0.6 is 0 Å². The number of anilines is 1. The second kappa shape index (κ2) is 8.16. The van der Waals surface area contributed by atoms with Gasteiger partial charge in [-0.25, -0.2) is 0 Å². The number of nitrogens with one attached hydrogen (secondary N) is 1.